The fourth-order valence-electron chi connectivity index (χ4n) is 3.96. The van der Waals surface area contributed by atoms with Crippen LogP contribution in [0.1, 0.15) is 155 Å². The molecular formula is C27H52. The molecule has 0 spiro atoms. The highest BCUT2D eigenvalue weighted by Crippen LogP contribution is 2.15. The van der Waals surface area contributed by atoms with E-state index in [-0.39, 0.29) is 0 Å². The van der Waals surface area contributed by atoms with Gasteiger partial charge in [0.15, 0.2) is 0 Å². The first kappa shape index (κ1) is 26.5. The molecule has 0 atom stereocenters. The van der Waals surface area contributed by atoms with Crippen molar-refractivity contribution in [2.75, 3.05) is 0 Å². The Kier molecular flexibility index (Phi) is 25.1. The second-order valence-corrected chi connectivity index (χ2v) is 8.62. The molecule has 0 aliphatic rings. The average molecular weight is 377 g/mol. The van der Waals surface area contributed by atoms with Crippen molar-refractivity contribution in [1.29, 1.82) is 0 Å². The van der Waals surface area contributed by atoms with Crippen molar-refractivity contribution >= 4 is 0 Å². The van der Waals surface area contributed by atoms with Crippen LogP contribution < -0.4 is 0 Å². The Bertz CT molecular complexity index is 297. The normalized spacial score (nSPS) is 10.9. The highest BCUT2D eigenvalue weighted by Gasteiger charge is 1.95. The van der Waals surface area contributed by atoms with E-state index in [1.165, 1.54) is 148 Å². The van der Waals surface area contributed by atoms with Crippen LogP contribution in [0.3, 0.4) is 0 Å². The predicted octanol–water partition coefficient (Wildman–Crippen LogP) is 10.3. The van der Waals surface area contributed by atoms with Crippen LogP contribution in [0, 0.1) is 0 Å². The third kappa shape index (κ3) is 25.5. The van der Waals surface area contributed by atoms with Gasteiger partial charge in [0.2, 0.25) is 0 Å². The van der Waals surface area contributed by atoms with Gasteiger partial charge in [-0.2, -0.15) is 0 Å². The zero-order chi connectivity index (χ0) is 19.7. The van der Waals surface area contributed by atoms with Crippen molar-refractivity contribution in [2.24, 2.45) is 0 Å². The van der Waals surface area contributed by atoms with Crippen molar-refractivity contribution in [2.45, 2.75) is 155 Å². The van der Waals surface area contributed by atoms with E-state index in [1.807, 2.05) is 0 Å². The Hall–Kier alpha value is -0.480. The summed E-state index contributed by atoms with van der Waals surface area (Å²) in [5.74, 6) is 0. The van der Waals surface area contributed by atoms with E-state index in [9.17, 15) is 0 Å². The number of hydrogen-bond donors (Lipinski definition) is 0. The molecule has 0 saturated carbocycles. The molecule has 0 N–H and O–H groups in total. The quantitative estimate of drug-likeness (QED) is 0.123. The van der Waals surface area contributed by atoms with Crippen molar-refractivity contribution in [3.63, 3.8) is 0 Å². The predicted molar refractivity (Wildman–Crippen MR) is 126 cm³/mol. The van der Waals surface area contributed by atoms with E-state index in [0.717, 1.165) is 0 Å². The maximum Gasteiger partial charge on any atom is -0.0275 e. The van der Waals surface area contributed by atoms with Crippen LogP contribution in [0.15, 0.2) is 18.4 Å². The molecule has 0 unspecified atom stereocenters. The van der Waals surface area contributed by atoms with E-state index < -0.39 is 0 Å². The molecule has 0 heterocycles. The third-order valence-electron chi connectivity index (χ3n) is 5.85. The number of rotatable bonds is 23. The summed E-state index contributed by atoms with van der Waals surface area (Å²) in [6.07, 6.45) is 35.2. The molecule has 0 aromatic rings. The first-order valence-corrected chi connectivity index (χ1v) is 12.8. The molecule has 0 nitrogen and oxygen atoms in total. The summed E-state index contributed by atoms with van der Waals surface area (Å²) < 4.78 is 0. The molecule has 0 fully saturated rings. The molecule has 160 valence electrons. The van der Waals surface area contributed by atoms with Gasteiger partial charge in [-0.3, -0.25) is 0 Å². The summed E-state index contributed by atoms with van der Waals surface area (Å²) >= 11 is 0. The lowest BCUT2D eigenvalue weighted by molar-refractivity contribution is 0.519. The molecule has 0 aliphatic heterocycles. The second kappa shape index (κ2) is 25.5. The Labute approximate surface area is 173 Å². The highest BCUT2D eigenvalue weighted by molar-refractivity contribution is 4.74. The van der Waals surface area contributed by atoms with Gasteiger partial charge in [0.05, 0.1) is 0 Å². The fourth-order valence-corrected chi connectivity index (χ4v) is 3.96. The molecule has 0 heteroatoms. The minimum atomic E-state index is 1.17. The molecule has 0 bridgehead atoms. The number of hydrogen-bond acceptors (Lipinski definition) is 0. The summed E-state index contributed by atoms with van der Waals surface area (Å²) in [5.41, 5.74) is 2.86. The van der Waals surface area contributed by atoms with E-state index in [1.54, 1.807) is 0 Å². The van der Waals surface area contributed by atoms with Gasteiger partial charge in [0.1, 0.15) is 0 Å². The summed E-state index contributed by atoms with van der Waals surface area (Å²) in [4.78, 5) is 0. The molecule has 0 aliphatic carbocycles. The Morgan fingerprint density at radius 3 is 0.963 bits per heavy atom. The van der Waals surface area contributed by atoms with Gasteiger partial charge >= 0.3 is 0 Å². The summed E-state index contributed by atoms with van der Waals surface area (Å²) in [7, 11) is 0. The topological polar surface area (TPSA) is 0 Å². The van der Waals surface area contributed by atoms with Gasteiger partial charge < -0.3 is 0 Å². The average Bonchev–Trinajstić information content (AvgIpc) is 2.68. The van der Waals surface area contributed by atoms with E-state index >= 15 is 0 Å². The lowest BCUT2D eigenvalue weighted by Gasteiger charge is -2.04. The summed E-state index contributed by atoms with van der Waals surface area (Å²) in [6.45, 7) is 5.91. The van der Waals surface area contributed by atoms with Crippen LogP contribution in [0.4, 0.5) is 0 Å². The largest absolute Gasteiger partial charge is 0.133 e. The van der Waals surface area contributed by atoms with Gasteiger partial charge in [-0.05, 0) is 18.9 Å². The van der Waals surface area contributed by atoms with Crippen LogP contribution in [-0.2, 0) is 0 Å². The minimum absolute atomic E-state index is 1.17. The van der Waals surface area contributed by atoms with E-state index in [2.05, 4.69) is 25.3 Å². The first-order chi connectivity index (χ1) is 13.4. The van der Waals surface area contributed by atoms with Crippen LogP contribution in [0.5, 0.6) is 0 Å². The Morgan fingerprint density at radius 1 is 0.444 bits per heavy atom. The van der Waals surface area contributed by atoms with E-state index in [4.69, 9.17) is 0 Å². The molecule has 0 aromatic heterocycles. The smallest absolute Gasteiger partial charge is 0.0275 e. The van der Waals surface area contributed by atoms with Gasteiger partial charge in [-0.1, -0.05) is 148 Å². The monoisotopic (exact) mass is 376 g/mol. The highest BCUT2D eigenvalue weighted by atomic mass is 14.0. The Balaban J connectivity index is 2.98. The van der Waals surface area contributed by atoms with Crippen molar-refractivity contribution < 1.29 is 0 Å². The standard InChI is InChI=1S/C27H52/c1-3-5-7-9-11-13-15-17-19-21-23-25-27-26-24-22-20-18-16-14-12-10-8-6-4-2/h5H,1,4,6-27H2,2H3. The van der Waals surface area contributed by atoms with Gasteiger partial charge in [0, 0.05) is 0 Å². The van der Waals surface area contributed by atoms with Gasteiger partial charge in [0.25, 0.3) is 0 Å². The maximum atomic E-state index is 3.61. The Morgan fingerprint density at radius 2 is 0.704 bits per heavy atom. The van der Waals surface area contributed by atoms with Crippen molar-refractivity contribution in [3.8, 4) is 0 Å². The zero-order valence-electron chi connectivity index (χ0n) is 19.0. The number of unbranched alkanes of at least 4 members (excludes halogenated alkanes) is 22. The van der Waals surface area contributed by atoms with Crippen LogP contribution in [0.25, 0.3) is 0 Å². The van der Waals surface area contributed by atoms with Crippen LogP contribution in [-0.4, -0.2) is 0 Å². The SMILES string of the molecule is C=C=CCCCCCCCCCCCCCCCCCCCCCCCC. The number of allylic oxidation sites excluding steroid dienone is 1. The van der Waals surface area contributed by atoms with Gasteiger partial charge in [-0.25, -0.2) is 0 Å². The molecule has 0 saturated heterocycles. The van der Waals surface area contributed by atoms with Gasteiger partial charge in [-0.15, -0.1) is 5.73 Å². The van der Waals surface area contributed by atoms with Crippen LogP contribution in [0.2, 0.25) is 0 Å². The molecule has 0 amide bonds. The minimum Gasteiger partial charge on any atom is -0.133 e. The lowest BCUT2D eigenvalue weighted by atomic mass is 10.0. The van der Waals surface area contributed by atoms with Crippen LogP contribution >= 0.6 is 0 Å². The molecule has 0 aromatic carbocycles. The summed E-state index contributed by atoms with van der Waals surface area (Å²) in [5, 5.41) is 0. The van der Waals surface area contributed by atoms with Crippen molar-refractivity contribution in [3.05, 3.63) is 18.4 Å². The molecule has 27 heavy (non-hydrogen) atoms. The zero-order valence-corrected chi connectivity index (χ0v) is 19.0. The lowest BCUT2D eigenvalue weighted by Crippen LogP contribution is -1.84. The van der Waals surface area contributed by atoms with Crippen molar-refractivity contribution in [1.82, 2.24) is 0 Å². The van der Waals surface area contributed by atoms with E-state index in [0.29, 0.717) is 0 Å². The first-order valence-electron chi connectivity index (χ1n) is 12.8. The molecule has 0 rings (SSSR count). The maximum absolute atomic E-state index is 3.61. The third-order valence-corrected chi connectivity index (χ3v) is 5.85. The second-order valence-electron chi connectivity index (χ2n) is 8.62. The fraction of sp³-hybridized carbons (Fsp3) is 0.889. The molecule has 0 radical (unpaired) electrons. The summed E-state index contributed by atoms with van der Waals surface area (Å²) in [6, 6.07) is 0. The molecular weight excluding hydrogens is 324 g/mol.